The topological polar surface area (TPSA) is 84.5 Å². The molecule has 0 bridgehead atoms. The van der Waals surface area contributed by atoms with Crippen LogP contribution < -0.4 is 10.0 Å². The summed E-state index contributed by atoms with van der Waals surface area (Å²) in [7, 11) is -3.85. The summed E-state index contributed by atoms with van der Waals surface area (Å²) in [5, 5.41) is 2.86. The van der Waals surface area contributed by atoms with Gasteiger partial charge in [-0.3, -0.25) is 4.79 Å². The maximum atomic E-state index is 12.6. The van der Waals surface area contributed by atoms with Gasteiger partial charge in [0.2, 0.25) is 10.0 Å². The Balaban J connectivity index is 1.68. The lowest BCUT2D eigenvalue weighted by Gasteiger charge is -2.13. The Hall–Kier alpha value is -1.93. The molecule has 0 aliphatic carbocycles. The summed E-state index contributed by atoms with van der Waals surface area (Å²) in [4.78, 5) is 12.3. The van der Waals surface area contributed by atoms with E-state index in [2.05, 4.69) is 10.0 Å². The van der Waals surface area contributed by atoms with Gasteiger partial charge in [0.05, 0.1) is 11.1 Å². The fourth-order valence-electron chi connectivity index (χ4n) is 2.93. The summed E-state index contributed by atoms with van der Waals surface area (Å²) in [5.74, 6) is -0.368. The first kappa shape index (κ1) is 20.8. The highest BCUT2D eigenvalue weighted by Gasteiger charge is 2.23. The van der Waals surface area contributed by atoms with Crippen molar-refractivity contribution < 1.29 is 17.9 Å². The number of carbonyl (C=O) groups is 1. The van der Waals surface area contributed by atoms with Crippen LogP contribution in [0.3, 0.4) is 0 Å². The Morgan fingerprint density at radius 3 is 2.64 bits per heavy atom. The van der Waals surface area contributed by atoms with Gasteiger partial charge in [0.15, 0.2) is 0 Å². The smallest absolute Gasteiger partial charge is 0.251 e. The average Bonchev–Trinajstić information content (AvgIpc) is 3.20. The normalized spacial score (nSPS) is 16.9. The number of aryl methyl sites for hydroxylation is 1. The van der Waals surface area contributed by atoms with Crippen LogP contribution in [0.4, 0.5) is 0 Å². The highest BCUT2D eigenvalue weighted by Crippen LogP contribution is 2.23. The number of carbonyl (C=O) groups excluding carboxylic acids is 1. The van der Waals surface area contributed by atoms with Crippen molar-refractivity contribution in [2.45, 2.75) is 37.3 Å². The third kappa shape index (κ3) is 5.32. The van der Waals surface area contributed by atoms with E-state index in [4.69, 9.17) is 16.3 Å². The van der Waals surface area contributed by atoms with E-state index >= 15 is 0 Å². The fourth-order valence-corrected chi connectivity index (χ4v) is 4.52. The summed E-state index contributed by atoms with van der Waals surface area (Å²) in [6.45, 7) is 3.16. The summed E-state index contributed by atoms with van der Waals surface area (Å²) >= 11 is 6.09. The second-order valence-corrected chi connectivity index (χ2v) is 8.94. The van der Waals surface area contributed by atoms with Crippen LogP contribution in [0.25, 0.3) is 0 Å². The summed E-state index contributed by atoms with van der Waals surface area (Å²) in [6, 6.07) is 12.0. The van der Waals surface area contributed by atoms with Gasteiger partial charge in [-0.05, 0) is 43.5 Å². The molecule has 1 aliphatic rings. The SMILES string of the molecule is Cc1ccc(CNC(=O)c2ccc(Cl)c(S(=O)(=O)NCC3CCCO3)c2)cc1. The van der Waals surface area contributed by atoms with E-state index in [1.807, 2.05) is 31.2 Å². The van der Waals surface area contributed by atoms with Gasteiger partial charge in [-0.2, -0.15) is 0 Å². The molecule has 8 heteroatoms. The maximum Gasteiger partial charge on any atom is 0.251 e. The molecule has 1 unspecified atom stereocenters. The lowest BCUT2D eigenvalue weighted by molar-refractivity contribution is 0.0950. The number of hydrogen-bond acceptors (Lipinski definition) is 4. The molecule has 0 radical (unpaired) electrons. The largest absolute Gasteiger partial charge is 0.377 e. The Labute approximate surface area is 170 Å². The van der Waals surface area contributed by atoms with Crippen molar-refractivity contribution in [1.29, 1.82) is 0 Å². The highest BCUT2D eigenvalue weighted by atomic mass is 35.5. The molecule has 1 heterocycles. The van der Waals surface area contributed by atoms with Crippen molar-refractivity contribution in [2.75, 3.05) is 13.2 Å². The number of amides is 1. The lowest BCUT2D eigenvalue weighted by atomic mass is 10.1. The molecule has 6 nitrogen and oxygen atoms in total. The van der Waals surface area contributed by atoms with Crippen LogP contribution in [0.2, 0.25) is 5.02 Å². The summed E-state index contributed by atoms with van der Waals surface area (Å²) in [5.41, 5.74) is 2.33. The molecule has 150 valence electrons. The minimum atomic E-state index is -3.85. The van der Waals surface area contributed by atoms with Crippen LogP contribution >= 0.6 is 11.6 Å². The number of halogens is 1. The standard InChI is InChI=1S/C20H23ClN2O4S/c1-14-4-6-15(7-5-14)12-22-20(24)16-8-9-18(21)19(11-16)28(25,26)23-13-17-3-2-10-27-17/h4-9,11,17,23H,2-3,10,12-13H2,1H3,(H,22,24). The maximum absolute atomic E-state index is 12.6. The van der Waals surface area contributed by atoms with E-state index in [1.165, 1.54) is 18.2 Å². The second kappa shape index (κ2) is 9.05. The van der Waals surface area contributed by atoms with Crippen LogP contribution in [-0.4, -0.2) is 33.6 Å². The number of benzene rings is 2. The quantitative estimate of drug-likeness (QED) is 0.718. The summed E-state index contributed by atoms with van der Waals surface area (Å²) in [6.07, 6.45) is 1.61. The van der Waals surface area contributed by atoms with Gasteiger partial charge < -0.3 is 10.1 Å². The monoisotopic (exact) mass is 422 g/mol. The highest BCUT2D eigenvalue weighted by molar-refractivity contribution is 7.89. The number of nitrogens with one attached hydrogen (secondary N) is 2. The molecule has 1 amide bonds. The van der Waals surface area contributed by atoms with E-state index in [0.29, 0.717) is 13.2 Å². The third-order valence-electron chi connectivity index (χ3n) is 4.58. The fraction of sp³-hybridized carbons (Fsp3) is 0.350. The first-order valence-corrected chi connectivity index (χ1v) is 11.0. The van der Waals surface area contributed by atoms with Gasteiger partial charge in [0.25, 0.3) is 5.91 Å². The average molecular weight is 423 g/mol. The Morgan fingerprint density at radius 1 is 1.21 bits per heavy atom. The zero-order valence-corrected chi connectivity index (χ0v) is 17.1. The van der Waals surface area contributed by atoms with Crippen LogP contribution in [0.1, 0.15) is 34.3 Å². The predicted octanol–water partition coefficient (Wildman–Crippen LogP) is 3.04. The van der Waals surface area contributed by atoms with Crippen LogP contribution in [0.15, 0.2) is 47.4 Å². The first-order chi connectivity index (χ1) is 13.3. The molecule has 28 heavy (non-hydrogen) atoms. The Kier molecular flexibility index (Phi) is 6.72. The van der Waals surface area contributed by atoms with Gasteiger partial charge >= 0.3 is 0 Å². The van der Waals surface area contributed by atoms with Gasteiger partial charge in [-0.25, -0.2) is 13.1 Å². The number of sulfonamides is 1. The Bertz CT molecular complexity index is 939. The summed E-state index contributed by atoms with van der Waals surface area (Å²) < 4.78 is 33.2. The van der Waals surface area contributed by atoms with E-state index in [1.54, 1.807) is 0 Å². The van der Waals surface area contributed by atoms with E-state index in [-0.39, 0.29) is 34.0 Å². The van der Waals surface area contributed by atoms with Crippen molar-refractivity contribution in [3.8, 4) is 0 Å². The molecule has 2 aromatic carbocycles. The molecule has 1 atom stereocenters. The minimum absolute atomic E-state index is 0.0647. The van der Waals surface area contributed by atoms with E-state index < -0.39 is 10.0 Å². The molecule has 0 spiro atoms. The van der Waals surface area contributed by atoms with Gasteiger partial charge in [0, 0.05) is 25.3 Å². The number of hydrogen-bond donors (Lipinski definition) is 2. The van der Waals surface area contributed by atoms with Gasteiger partial charge in [-0.1, -0.05) is 41.4 Å². The zero-order valence-electron chi connectivity index (χ0n) is 15.6. The molecule has 1 fully saturated rings. The van der Waals surface area contributed by atoms with Gasteiger partial charge in [-0.15, -0.1) is 0 Å². The second-order valence-electron chi connectivity index (χ2n) is 6.80. The molecule has 0 aromatic heterocycles. The van der Waals surface area contributed by atoms with Crippen LogP contribution in [0.5, 0.6) is 0 Å². The number of ether oxygens (including phenoxy) is 1. The molecule has 3 rings (SSSR count). The minimum Gasteiger partial charge on any atom is -0.377 e. The van der Waals surface area contributed by atoms with Crippen molar-refractivity contribution >= 4 is 27.5 Å². The zero-order chi connectivity index (χ0) is 20.1. The Morgan fingerprint density at radius 2 is 1.96 bits per heavy atom. The predicted molar refractivity (Wildman–Crippen MR) is 108 cm³/mol. The first-order valence-electron chi connectivity index (χ1n) is 9.10. The van der Waals surface area contributed by atoms with Crippen LogP contribution in [0, 0.1) is 6.92 Å². The third-order valence-corrected chi connectivity index (χ3v) is 6.49. The van der Waals surface area contributed by atoms with Crippen molar-refractivity contribution in [3.05, 3.63) is 64.2 Å². The molecule has 0 saturated carbocycles. The van der Waals surface area contributed by atoms with Crippen molar-refractivity contribution in [2.24, 2.45) is 0 Å². The molecule has 2 aromatic rings. The molecular formula is C20H23ClN2O4S. The lowest BCUT2D eigenvalue weighted by Crippen LogP contribution is -2.32. The number of rotatable bonds is 7. The molecular weight excluding hydrogens is 400 g/mol. The molecule has 1 saturated heterocycles. The van der Waals surface area contributed by atoms with Crippen molar-refractivity contribution in [3.63, 3.8) is 0 Å². The van der Waals surface area contributed by atoms with Crippen molar-refractivity contribution in [1.82, 2.24) is 10.0 Å². The van der Waals surface area contributed by atoms with Crippen LogP contribution in [-0.2, 0) is 21.3 Å². The van der Waals surface area contributed by atoms with E-state index in [9.17, 15) is 13.2 Å². The molecule has 1 aliphatic heterocycles. The molecule has 2 N–H and O–H groups in total. The van der Waals surface area contributed by atoms with Gasteiger partial charge in [0.1, 0.15) is 4.90 Å². The van der Waals surface area contributed by atoms with E-state index in [0.717, 1.165) is 24.0 Å².